The van der Waals surface area contributed by atoms with E-state index in [1.165, 1.54) is 0 Å². The fourth-order valence-electron chi connectivity index (χ4n) is 1.40. The summed E-state index contributed by atoms with van der Waals surface area (Å²) in [4.78, 5) is 13.1. The maximum atomic E-state index is 11.1. The van der Waals surface area contributed by atoms with E-state index in [9.17, 15) is 4.79 Å². The van der Waals surface area contributed by atoms with E-state index in [2.05, 4.69) is 0 Å². The van der Waals surface area contributed by atoms with Crippen molar-refractivity contribution >= 4 is 5.97 Å². The van der Waals surface area contributed by atoms with Crippen molar-refractivity contribution in [1.82, 2.24) is 4.90 Å². The van der Waals surface area contributed by atoms with Crippen molar-refractivity contribution < 1.29 is 14.6 Å². The van der Waals surface area contributed by atoms with Crippen LogP contribution in [0.3, 0.4) is 0 Å². The van der Waals surface area contributed by atoms with Crippen molar-refractivity contribution in [1.29, 1.82) is 0 Å². The molecule has 0 amide bonds. The second-order valence-electron chi connectivity index (χ2n) is 3.78. The standard InChI is InChI=1S/C9H17NO3/c1-7(2)13-9(12)5-10-3-8(4-10)6-11/h7-8,11H,3-6H2,1-2H3. The number of nitrogens with zero attached hydrogens (tertiary/aromatic N) is 1. The molecule has 4 heteroatoms. The summed E-state index contributed by atoms with van der Waals surface area (Å²) in [5.41, 5.74) is 0. The van der Waals surface area contributed by atoms with Crippen LogP contribution in [0.4, 0.5) is 0 Å². The molecule has 0 aliphatic carbocycles. The van der Waals surface area contributed by atoms with E-state index in [0.29, 0.717) is 12.5 Å². The molecule has 0 spiro atoms. The Kier molecular flexibility index (Phi) is 3.69. The first-order valence-corrected chi connectivity index (χ1v) is 4.64. The maximum Gasteiger partial charge on any atom is 0.320 e. The number of rotatable bonds is 4. The highest BCUT2D eigenvalue weighted by Gasteiger charge is 2.27. The summed E-state index contributed by atoms with van der Waals surface area (Å²) in [6.07, 6.45) is -0.0394. The number of aliphatic hydroxyl groups excluding tert-OH is 1. The van der Waals surface area contributed by atoms with Gasteiger partial charge in [0.25, 0.3) is 0 Å². The molecule has 0 atom stereocenters. The molecular weight excluding hydrogens is 170 g/mol. The Labute approximate surface area is 78.5 Å². The molecule has 0 aromatic heterocycles. The van der Waals surface area contributed by atoms with Crippen molar-refractivity contribution in [2.75, 3.05) is 26.2 Å². The van der Waals surface area contributed by atoms with Crippen LogP contribution in [0.5, 0.6) is 0 Å². The van der Waals surface area contributed by atoms with Crippen LogP contribution in [0.25, 0.3) is 0 Å². The lowest BCUT2D eigenvalue weighted by Gasteiger charge is -2.37. The topological polar surface area (TPSA) is 49.8 Å². The number of esters is 1. The van der Waals surface area contributed by atoms with Crippen molar-refractivity contribution in [2.24, 2.45) is 5.92 Å². The quantitative estimate of drug-likeness (QED) is 0.622. The first kappa shape index (κ1) is 10.5. The lowest BCUT2D eigenvalue weighted by atomic mass is 10.0. The number of likely N-dealkylation sites (tertiary alicyclic amines) is 1. The van der Waals surface area contributed by atoms with Gasteiger partial charge in [-0.1, -0.05) is 0 Å². The molecule has 13 heavy (non-hydrogen) atoms. The van der Waals surface area contributed by atoms with Gasteiger partial charge >= 0.3 is 5.97 Å². The van der Waals surface area contributed by atoms with Gasteiger partial charge in [-0.2, -0.15) is 0 Å². The minimum Gasteiger partial charge on any atom is -0.462 e. The minimum absolute atomic E-state index is 0.0394. The number of ether oxygens (including phenoxy) is 1. The van der Waals surface area contributed by atoms with Gasteiger partial charge in [0, 0.05) is 25.6 Å². The van der Waals surface area contributed by atoms with Crippen LogP contribution >= 0.6 is 0 Å². The average molecular weight is 187 g/mol. The molecule has 0 saturated carbocycles. The Balaban J connectivity index is 2.09. The second kappa shape index (κ2) is 4.58. The molecule has 0 aromatic carbocycles. The molecule has 1 N–H and O–H groups in total. The number of aliphatic hydroxyl groups is 1. The molecule has 1 aliphatic rings. The molecule has 0 bridgehead atoms. The Morgan fingerprint density at radius 2 is 2.23 bits per heavy atom. The molecule has 4 nitrogen and oxygen atoms in total. The fraction of sp³-hybridized carbons (Fsp3) is 0.889. The predicted octanol–water partition coefficient (Wildman–Crippen LogP) is -0.138. The fourth-order valence-corrected chi connectivity index (χ4v) is 1.40. The van der Waals surface area contributed by atoms with E-state index in [4.69, 9.17) is 9.84 Å². The average Bonchev–Trinajstić information content (AvgIpc) is 1.94. The van der Waals surface area contributed by atoms with Gasteiger partial charge < -0.3 is 9.84 Å². The van der Waals surface area contributed by atoms with Crippen molar-refractivity contribution in [3.63, 3.8) is 0 Å². The summed E-state index contributed by atoms with van der Waals surface area (Å²) in [6.45, 7) is 5.87. The number of hydrogen-bond donors (Lipinski definition) is 1. The minimum atomic E-state index is -0.175. The molecule has 1 heterocycles. The summed E-state index contributed by atoms with van der Waals surface area (Å²) in [5.74, 6) is 0.179. The molecule has 1 fully saturated rings. The third kappa shape index (κ3) is 3.32. The van der Waals surface area contributed by atoms with Gasteiger partial charge in [0.2, 0.25) is 0 Å². The van der Waals surface area contributed by atoms with Gasteiger partial charge in [-0.15, -0.1) is 0 Å². The largest absolute Gasteiger partial charge is 0.462 e. The lowest BCUT2D eigenvalue weighted by molar-refractivity contribution is -0.150. The smallest absolute Gasteiger partial charge is 0.320 e. The molecular formula is C9H17NO3. The molecule has 76 valence electrons. The Morgan fingerprint density at radius 3 is 2.69 bits per heavy atom. The zero-order chi connectivity index (χ0) is 9.84. The van der Waals surface area contributed by atoms with Gasteiger partial charge in [0.05, 0.1) is 12.6 Å². The number of carbonyl (C=O) groups is 1. The Morgan fingerprint density at radius 1 is 1.62 bits per heavy atom. The van der Waals surface area contributed by atoms with Crippen molar-refractivity contribution in [3.05, 3.63) is 0 Å². The molecule has 0 radical (unpaired) electrons. The zero-order valence-corrected chi connectivity index (χ0v) is 8.19. The molecule has 1 aliphatic heterocycles. The monoisotopic (exact) mass is 187 g/mol. The first-order chi connectivity index (χ1) is 6.11. The summed E-state index contributed by atoms with van der Waals surface area (Å²) in [5, 5.41) is 8.74. The molecule has 1 saturated heterocycles. The molecule has 0 unspecified atom stereocenters. The van der Waals surface area contributed by atoms with E-state index in [0.717, 1.165) is 13.1 Å². The summed E-state index contributed by atoms with van der Waals surface area (Å²) >= 11 is 0. The van der Waals surface area contributed by atoms with Crippen molar-refractivity contribution in [2.45, 2.75) is 20.0 Å². The lowest BCUT2D eigenvalue weighted by Crippen LogP contribution is -2.50. The predicted molar refractivity (Wildman–Crippen MR) is 48.2 cm³/mol. The van der Waals surface area contributed by atoms with Gasteiger partial charge in [0.15, 0.2) is 0 Å². The summed E-state index contributed by atoms with van der Waals surface area (Å²) in [7, 11) is 0. The maximum absolute atomic E-state index is 11.1. The van der Waals surface area contributed by atoms with Crippen molar-refractivity contribution in [3.8, 4) is 0 Å². The first-order valence-electron chi connectivity index (χ1n) is 4.64. The van der Waals surface area contributed by atoms with Gasteiger partial charge in [0.1, 0.15) is 0 Å². The van der Waals surface area contributed by atoms with Crippen LogP contribution in [-0.2, 0) is 9.53 Å². The van der Waals surface area contributed by atoms with Crippen LogP contribution < -0.4 is 0 Å². The summed E-state index contributed by atoms with van der Waals surface area (Å²) in [6, 6.07) is 0. The summed E-state index contributed by atoms with van der Waals surface area (Å²) < 4.78 is 4.98. The van der Waals surface area contributed by atoms with Crippen LogP contribution in [-0.4, -0.2) is 48.3 Å². The van der Waals surface area contributed by atoms with Crippen LogP contribution in [0.2, 0.25) is 0 Å². The van der Waals surface area contributed by atoms with Crippen LogP contribution in [0.1, 0.15) is 13.8 Å². The van der Waals surface area contributed by atoms with E-state index in [1.54, 1.807) is 0 Å². The molecule has 0 aromatic rings. The highest BCUT2D eigenvalue weighted by molar-refractivity contribution is 5.71. The highest BCUT2D eigenvalue weighted by Crippen LogP contribution is 2.13. The van der Waals surface area contributed by atoms with Gasteiger partial charge in [-0.05, 0) is 13.8 Å². The third-order valence-corrected chi connectivity index (χ3v) is 2.01. The normalized spacial score (nSPS) is 18.8. The van der Waals surface area contributed by atoms with Gasteiger partial charge in [-0.3, -0.25) is 9.69 Å². The van der Waals surface area contributed by atoms with Crippen LogP contribution in [0.15, 0.2) is 0 Å². The second-order valence-corrected chi connectivity index (χ2v) is 3.78. The van der Waals surface area contributed by atoms with Crippen LogP contribution in [0, 0.1) is 5.92 Å². The zero-order valence-electron chi connectivity index (χ0n) is 8.19. The molecule has 1 rings (SSSR count). The Hall–Kier alpha value is -0.610. The van der Waals surface area contributed by atoms with E-state index < -0.39 is 0 Å². The third-order valence-electron chi connectivity index (χ3n) is 2.01. The van der Waals surface area contributed by atoms with Gasteiger partial charge in [-0.25, -0.2) is 0 Å². The van der Waals surface area contributed by atoms with E-state index in [-0.39, 0.29) is 18.7 Å². The number of hydrogen-bond acceptors (Lipinski definition) is 4. The highest BCUT2D eigenvalue weighted by atomic mass is 16.5. The SMILES string of the molecule is CC(C)OC(=O)CN1CC(CO)C1. The van der Waals surface area contributed by atoms with E-state index in [1.807, 2.05) is 18.7 Å². The Bertz CT molecular complexity index is 176. The number of carbonyl (C=O) groups excluding carboxylic acids is 1. The van der Waals surface area contributed by atoms with E-state index >= 15 is 0 Å².